The highest BCUT2D eigenvalue weighted by molar-refractivity contribution is 6.42. The van der Waals surface area contributed by atoms with Gasteiger partial charge < -0.3 is 14.2 Å². The Morgan fingerprint density at radius 1 is 0.939 bits per heavy atom. The van der Waals surface area contributed by atoms with Crippen molar-refractivity contribution in [1.29, 1.82) is 0 Å². The minimum atomic E-state index is -0.615. The number of hydrogen-bond acceptors (Lipinski definition) is 6. The number of halogens is 2. The van der Waals surface area contributed by atoms with Crippen molar-refractivity contribution >= 4 is 41.3 Å². The molecule has 3 aromatic rings. The molecular weight excluding hydrogens is 467 g/mol. The maximum absolute atomic E-state index is 12.4. The third-order valence-electron chi connectivity index (χ3n) is 4.35. The minimum Gasteiger partial charge on any atom is -0.494 e. The molecule has 0 aliphatic heterocycles. The van der Waals surface area contributed by atoms with Gasteiger partial charge in [-0.1, -0.05) is 23.2 Å². The van der Waals surface area contributed by atoms with Gasteiger partial charge in [-0.3, -0.25) is 4.79 Å². The lowest BCUT2D eigenvalue weighted by Crippen LogP contribution is -2.17. The molecule has 0 saturated carbocycles. The quantitative estimate of drug-likeness (QED) is 0.200. The summed E-state index contributed by atoms with van der Waals surface area (Å²) in [6.45, 7) is 2.43. The van der Waals surface area contributed by atoms with Gasteiger partial charge in [-0.25, -0.2) is 10.2 Å². The monoisotopic (exact) mass is 486 g/mol. The van der Waals surface area contributed by atoms with Crippen molar-refractivity contribution in [2.45, 2.75) is 6.92 Å². The summed E-state index contributed by atoms with van der Waals surface area (Å²) in [7, 11) is 1.44. The number of amides is 1. The van der Waals surface area contributed by atoms with Gasteiger partial charge in [-0.05, 0) is 73.2 Å². The van der Waals surface area contributed by atoms with E-state index in [0.717, 1.165) is 0 Å². The maximum Gasteiger partial charge on any atom is 0.343 e. The van der Waals surface area contributed by atoms with Crippen molar-refractivity contribution in [3.63, 3.8) is 0 Å². The van der Waals surface area contributed by atoms with Gasteiger partial charge in [0.05, 0.1) is 35.5 Å². The normalized spacial score (nSPS) is 10.7. The zero-order valence-corrected chi connectivity index (χ0v) is 19.3. The topological polar surface area (TPSA) is 86.2 Å². The van der Waals surface area contributed by atoms with Crippen LogP contribution in [0.3, 0.4) is 0 Å². The highest BCUT2D eigenvalue weighted by Crippen LogP contribution is 2.29. The number of hydrazone groups is 1. The van der Waals surface area contributed by atoms with Crippen molar-refractivity contribution < 1.29 is 23.8 Å². The second-order valence-corrected chi connectivity index (χ2v) is 7.40. The summed E-state index contributed by atoms with van der Waals surface area (Å²) < 4.78 is 16.1. The summed E-state index contributed by atoms with van der Waals surface area (Å²) in [4.78, 5) is 24.6. The summed E-state index contributed by atoms with van der Waals surface area (Å²) >= 11 is 11.8. The first kappa shape index (κ1) is 24.1. The molecule has 0 saturated heterocycles. The summed E-state index contributed by atoms with van der Waals surface area (Å²) in [5.74, 6) is 0.225. The Morgan fingerprint density at radius 3 is 2.33 bits per heavy atom. The lowest BCUT2D eigenvalue weighted by Gasteiger charge is -2.10. The van der Waals surface area contributed by atoms with Crippen molar-refractivity contribution in [2.75, 3.05) is 13.7 Å². The third-order valence-corrected chi connectivity index (χ3v) is 5.09. The minimum absolute atomic E-state index is 0.212. The van der Waals surface area contributed by atoms with E-state index in [1.807, 2.05) is 6.92 Å². The molecule has 0 heterocycles. The molecule has 0 fully saturated rings. The smallest absolute Gasteiger partial charge is 0.343 e. The van der Waals surface area contributed by atoms with E-state index in [2.05, 4.69) is 10.5 Å². The van der Waals surface area contributed by atoms with E-state index in [9.17, 15) is 9.59 Å². The molecule has 7 nitrogen and oxygen atoms in total. The van der Waals surface area contributed by atoms with Gasteiger partial charge in [0, 0.05) is 5.56 Å². The predicted octanol–water partition coefficient (Wildman–Crippen LogP) is 5.38. The lowest BCUT2D eigenvalue weighted by molar-refractivity contribution is 0.0729. The average Bonchev–Trinajstić information content (AvgIpc) is 2.82. The van der Waals surface area contributed by atoms with Gasteiger partial charge in [-0.2, -0.15) is 5.10 Å². The summed E-state index contributed by atoms with van der Waals surface area (Å²) in [6, 6.07) is 16.0. The van der Waals surface area contributed by atoms with Gasteiger partial charge in [0.25, 0.3) is 5.91 Å². The third kappa shape index (κ3) is 6.47. The number of rotatable bonds is 8. The zero-order valence-electron chi connectivity index (χ0n) is 17.8. The number of nitrogens with zero attached hydrogens (tertiary/aromatic N) is 1. The van der Waals surface area contributed by atoms with Crippen molar-refractivity contribution in [3.05, 3.63) is 87.4 Å². The number of carbonyl (C=O) groups is 2. The van der Waals surface area contributed by atoms with Gasteiger partial charge in [0.1, 0.15) is 5.75 Å². The first-order chi connectivity index (χ1) is 15.9. The maximum atomic E-state index is 12.4. The van der Waals surface area contributed by atoms with Crippen LogP contribution in [0.1, 0.15) is 33.2 Å². The highest BCUT2D eigenvalue weighted by Gasteiger charge is 2.14. The van der Waals surface area contributed by atoms with E-state index in [-0.39, 0.29) is 22.2 Å². The van der Waals surface area contributed by atoms with E-state index in [1.165, 1.54) is 31.5 Å². The first-order valence-corrected chi connectivity index (χ1v) is 10.6. The molecule has 3 rings (SSSR count). The molecule has 9 heteroatoms. The molecule has 33 heavy (non-hydrogen) atoms. The first-order valence-electron chi connectivity index (χ1n) is 9.82. The standard InChI is InChI=1S/C24H20Cl2N2O5/c1-3-32-18-8-5-16(6-9-18)23(29)28-27-14-15-4-11-21(22(12-15)31-2)33-24(30)17-7-10-19(25)20(26)13-17/h4-14H,3H2,1-2H3,(H,28,29)/b27-14+. The molecule has 0 bridgehead atoms. The Hall–Kier alpha value is -3.55. The molecule has 3 aromatic carbocycles. The number of methoxy groups -OCH3 is 1. The molecule has 0 aliphatic carbocycles. The second-order valence-electron chi connectivity index (χ2n) is 6.59. The Kier molecular flexibility index (Phi) is 8.29. The number of hydrogen-bond donors (Lipinski definition) is 1. The van der Waals surface area contributed by atoms with Crippen LogP contribution in [0.2, 0.25) is 10.0 Å². The number of benzene rings is 3. The second kappa shape index (κ2) is 11.4. The van der Waals surface area contributed by atoms with Gasteiger partial charge in [0.2, 0.25) is 0 Å². The van der Waals surface area contributed by atoms with Crippen LogP contribution in [0.4, 0.5) is 0 Å². The van der Waals surface area contributed by atoms with Crippen LogP contribution in [0.25, 0.3) is 0 Å². The average molecular weight is 487 g/mol. The van der Waals surface area contributed by atoms with Crippen LogP contribution in [0, 0.1) is 0 Å². The Morgan fingerprint density at radius 2 is 1.67 bits per heavy atom. The summed E-state index contributed by atoms with van der Waals surface area (Å²) in [6.07, 6.45) is 1.44. The summed E-state index contributed by atoms with van der Waals surface area (Å²) in [5.41, 5.74) is 3.76. The predicted molar refractivity (Wildman–Crippen MR) is 127 cm³/mol. The molecule has 0 unspecified atom stereocenters. The fraction of sp³-hybridized carbons (Fsp3) is 0.125. The van der Waals surface area contributed by atoms with Crippen LogP contribution in [-0.2, 0) is 0 Å². The zero-order chi connectivity index (χ0) is 23.8. The van der Waals surface area contributed by atoms with Gasteiger partial charge in [-0.15, -0.1) is 0 Å². The van der Waals surface area contributed by atoms with Crippen LogP contribution in [0.5, 0.6) is 17.2 Å². The molecule has 0 aromatic heterocycles. The fourth-order valence-corrected chi connectivity index (χ4v) is 3.03. The molecule has 170 valence electrons. The lowest BCUT2D eigenvalue weighted by atomic mass is 10.2. The van der Waals surface area contributed by atoms with Crippen molar-refractivity contribution in [2.24, 2.45) is 5.10 Å². The van der Waals surface area contributed by atoms with Crippen LogP contribution < -0.4 is 19.6 Å². The largest absolute Gasteiger partial charge is 0.494 e. The Bertz CT molecular complexity index is 1180. The van der Waals surface area contributed by atoms with Crippen molar-refractivity contribution in [3.8, 4) is 17.2 Å². The van der Waals surface area contributed by atoms with Crippen LogP contribution >= 0.6 is 23.2 Å². The molecule has 0 radical (unpaired) electrons. The number of esters is 1. The van der Waals surface area contributed by atoms with Crippen LogP contribution in [-0.4, -0.2) is 31.8 Å². The Labute approximate surface area is 200 Å². The summed E-state index contributed by atoms with van der Waals surface area (Å²) in [5, 5.41) is 4.55. The van der Waals surface area contributed by atoms with E-state index in [1.54, 1.807) is 42.5 Å². The molecule has 0 spiro atoms. The van der Waals surface area contributed by atoms with E-state index < -0.39 is 5.97 Å². The molecular formula is C24H20Cl2N2O5. The van der Waals surface area contributed by atoms with Gasteiger partial charge in [0.15, 0.2) is 11.5 Å². The van der Waals surface area contributed by atoms with Gasteiger partial charge >= 0.3 is 5.97 Å². The molecule has 0 aliphatic rings. The van der Waals surface area contributed by atoms with E-state index in [0.29, 0.717) is 34.3 Å². The van der Waals surface area contributed by atoms with E-state index >= 15 is 0 Å². The number of nitrogens with one attached hydrogen (secondary N) is 1. The SMILES string of the molecule is CCOc1ccc(C(=O)N/N=C/c2ccc(OC(=O)c3ccc(Cl)c(Cl)c3)c(OC)c2)cc1. The number of carbonyl (C=O) groups excluding carboxylic acids is 2. The van der Waals surface area contributed by atoms with Crippen molar-refractivity contribution in [1.82, 2.24) is 5.43 Å². The molecule has 1 N–H and O–H groups in total. The number of ether oxygens (including phenoxy) is 3. The van der Waals surface area contributed by atoms with Crippen LogP contribution in [0.15, 0.2) is 65.8 Å². The van der Waals surface area contributed by atoms with E-state index in [4.69, 9.17) is 37.4 Å². The molecule has 0 atom stereocenters. The highest BCUT2D eigenvalue weighted by atomic mass is 35.5. The fourth-order valence-electron chi connectivity index (χ4n) is 2.73. The Balaban J connectivity index is 1.65. The molecule has 1 amide bonds.